The highest BCUT2D eigenvalue weighted by molar-refractivity contribution is 7.18. The SMILES string of the molecule is Cc1cc(NCCc2nc3ccccc3s2)c(C#N)c(C)n1. The molecule has 3 aromatic rings. The molecule has 0 saturated carbocycles. The second-order valence-corrected chi connectivity index (χ2v) is 6.25. The predicted octanol–water partition coefficient (Wildman–Crippen LogP) is 3.83. The summed E-state index contributed by atoms with van der Waals surface area (Å²) >= 11 is 1.72. The lowest BCUT2D eigenvalue weighted by molar-refractivity contribution is 0.997. The van der Waals surface area contributed by atoms with E-state index in [-0.39, 0.29) is 0 Å². The number of rotatable bonds is 4. The monoisotopic (exact) mass is 308 g/mol. The molecule has 0 fully saturated rings. The maximum absolute atomic E-state index is 9.26. The van der Waals surface area contributed by atoms with Crippen molar-refractivity contribution in [3.8, 4) is 6.07 Å². The first kappa shape index (κ1) is 14.5. The Bertz CT molecular complexity index is 828. The minimum atomic E-state index is 0.620. The molecular weight excluding hydrogens is 292 g/mol. The Labute approximate surface area is 133 Å². The van der Waals surface area contributed by atoms with Crippen LogP contribution < -0.4 is 5.32 Å². The smallest absolute Gasteiger partial charge is 0.103 e. The van der Waals surface area contributed by atoms with Crippen molar-refractivity contribution in [2.75, 3.05) is 11.9 Å². The van der Waals surface area contributed by atoms with E-state index in [0.717, 1.165) is 40.6 Å². The fraction of sp³-hybridized carbons (Fsp3) is 0.235. The number of benzene rings is 1. The Morgan fingerprint density at radius 2 is 2.05 bits per heavy atom. The van der Waals surface area contributed by atoms with Gasteiger partial charge >= 0.3 is 0 Å². The molecular formula is C17H16N4S. The van der Waals surface area contributed by atoms with Crippen molar-refractivity contribution in [2.45, 2.75) is 20.3 Å². The standard InChI is InChI=1S/C17H16N4S/c1-11-9-15(13(10-18)12(2)20-11)19-8-7-17-21-14-5-3-4-6-16(14)22-17/h3-6,9H,7-8H2,1-2H3,(H,19,20). The molecule has 0 amide bonds. The quantitative estimate of drug-likeness (QED) is 0.795. The third kappa shape index (κ3) is 2.92. The Hall–Kier alpha value is -2.45. The summed E-state index contributed by atoms with van der Waals surface area (Å²) < 4.78 is 1.21. The van der Waals surface area contributed by atoms with E-state index in [1.165, 1.54) is 4.70 Å². The number of nitrogens with one attached hydrogen (secondary N) is 1. The van der Waals surface area contributed by atoms with Crippen molar-refractivity contribution >= 4 is 27.2 Å². The summed E-state index contributed by atoms with van der Waals surface area (Å²) in [5.74, 6) is 0. The van der Waals surface area contributed by atoms with Gasteiger partial charge in [0, 0.05) is 18.7 Å². The summed E-state index contributed by atoms with van der Waals surface area (Å²) in [6.07, 6.45) is 0.838. The van der Waals surface area contributed by atoms with Gasteiger partial charge in [0.05, 0.1) is 32.2 Å². The summed E-state index contributed by atoms with van der Waals surface area (Å²) in [6, 6.07) is 12.3. The van der Waals surface area contributed by atoms with Gasteiger partial charge in [0.25, 0.3) is 0 Å². The predicted molar refractivity (Wildman–Crippen MR) is 90.2 cm³/mol. The van der Waals surface area contributed by atoms with E-state index in [1.54, 1.807) is 11.3 Å². The van der Waals surface area contributed by atoms with Gasteiger partial charge in [-0.2, -0.15) is 5.26 Å². The molecule has 0 saturated heterocycles. The van der Waals surface area contributed by atoms with E-state index in [9.17, 15) is 5.26 Å². The van der Waals surface area contributed by atoms with Gasteiger partial charge in [0.1, 0.15) is 6.07 Å². The van der Waals surface area contributed by atoms with Crippen LogP contribution >= 0.6 is 11.3 Å². The highest BCUT2D eigenvalue weighted by atomic mass is 32.1. The zero-order valence-electron chi connectivity index (χ0n) is 12.6. The summed E-state index contributed by atoms with van der Waals surface area (Å²) in [6.45, 7) is 4.55. The topological polar surface area (TPSA) is 61.6 Å². The van der Waals surface area contributed by atoms with E-state index in [0.29, 0.717) is 5.56 Å². The van der Waals surface area contributed by atoms with Crippen LogP contribution in [0.15, 0.2) is 30.3 Å². The number of aryl methyl sites for hydroxylation is 2. The number of aromatic nitrogens is 2. The molecule has 0 aliphatic carbocycles. The molecule has 5 heteroatoms. The molecule has 0 aliphatic heterocycles. The van der Waals surface area contributed by atoms with Crippen LogP contribution in [0.5, 0.6) is 0 Å². The van der Waals surface area contributed by atoms with Crippen molar-refractivity contribution in [1.29, 1.82) is 5.26 Å². The zero-order chi connectivity index (χ0) is 15.5. The third-order valence-corrected chi connectivity index (χ3v) is 4.53. The molecule has 0 spiro atoms. The Morgan fingerprint density at radius 1 is 1.23 bits per heavy atom. The van der Waals surface area contributed by atoms with Crippen LogP contribution in [0, 0.1) is 25.2 Å². The molecule has 0 bridgehead atoms. The average Bonchev–Trinajstić information content (AvgIpc) is 2.89. The van der Waals surface area contributed by atoms with Crippen molar-refractivity contribution in [3.05, 3.63) is 52.3 Å². The number of nitrogens with zero attached hydrogens (tertiary/aromatic N) is 3. The van der Waals surface area contributed by atoms with Gasteiger partial charge in [0.2, 0.25) is 0 Å². The lowest BCUT2D eigenvalue weighted by atomic mass is 10.1. The van der Waals surface area contributed by atoms with Crippen LogP contribution in [0.2, 0.25) is 0 Å². The van der Waals surface area contributed by atoms with Crippen LogP contribution in [0.1, 0.15) is 22.0 Å². The van der Waals surface area contributed by atoms with Gasteiger partial charge in [-0.15, -0.1) is 11.3 Å². The minimum absolute atomic E-state index is 0.620. The van der Waals surface area contributed by atoms with Gasteiger partial charge in [-0.1, -0.05) is 12.1 Å². The van der Waals surface area contributed by atoms with Crippen molar-refractivity contribution in [2.24, 2.45) is 0 Å². The minimum Gasteiger partial charge on any atom is -0.383 e. The highest BCUT2D eigenvalue weighted by Gasteiger charge is 2.08. The average molecular weight is 308 g/mol. The largest absolute Gasteiger partial charge is 0.383 e. The number of nitriles is 1. The summed E-state index contributed by atoms with van der Waals surface area (Å²) in [5.41, 5.74) is 4.21. The zero-order valence-corrected chi connectivity index (χ0v) is 13.4. The van der Waals surface area contributed by atoms with Gasteiger partial charge in [-0.05, 0) is 32.0 Å². The summed E-state index contributed by atoms with van der Waals surface area (Å²) in [7, 11) is 0. The third-order valence-electron chi connectivity index (χ3n) is 3.43. The summed E-state index contributed by atoms with van der Waals surface area (Å²) in [5, 5.41) is 13.7. The van der Waals surface area contributed by atoms with Crippen molar-refractivity contribution < 1.29 is 0 Å². The lowest BCUT2D eigenvalue weighted by Gasteiger charge is -2.10. The number of anilines is 1. The molecule has 2 heterocycles. The van der Waals surface area contributed by atoms with Gasteiger partial charge in [0.15, 0.2) is 0 Å². The van der Waals surface area contributed by atoms with Crippen LogP contribution in [0.4, 0.5) is 5.69 Å². The normalized spacial score (nSPS) is 10.6. The van der Waals surface area contributed by atoms with E-state index in [1.807, 2.05) is 38.1 Å². The second kappa shape index (κ2) is 6.12. The Balaban J connectivity index is 1.72. The molecule has 3 rings (SSSR count). The fourth-order valence-corrected chi connectivity index (χ4v) is 3.41. The van der Waals surface area contributed by atoms with Crippen LogP contribution in [-0.4, -0.2) is 16.5 Å². The first-order valence-corrected chi connectivity index (χ1v) is 7.95. The Morgan fingerprint density at radius 3 is 2.82 bits per heavy atom. The van der Waals surface area contributed by atoms with Gasteiger partial charge in [-0.25, -0.2) is 4.98 Å². The van der Waals surface area contributed by atoms with E-state index >= 15 is 0 Å². The molecule has 0 unspecified atom stereocenters. The van der Waals surface area contributed by atoms with Crippen LogP contribution in [0.3, 0.4) is 0 Å². The van der Waals surface area contributed by atoms with Gasteiger partial charge in [-0.3, -0.25) is 4.98 Å². The fourth-order valence-electron chi connectivity index (χ4n) is 2.44. The number of thiazole rings is 1. The molecule has 4 nitrogen and oxygen atoms in total. The molecule has 1 N–H and O–H groups in total. The first-order valence-electron chi connectivity index (χ1n) is 7.14. The molecule has 0 aliphatic rings. The number of pyridine rings is 1. The molecule has 110 valence electrons. The van der Waals surface area contributed by atoms with E-state index < -0.39 is 0 Å². The van der Waals surface area contributed by atoms with Crippen LogP contribution in [0.25, 0.3) is 10.2 Å². The summed E-state index contributed by atoms with van der Waals surface area (Å²) in [4.78, 5) is 8.95. The Kier molecular flexibility index (Phi) is 4.03. The van der Waals surface area contributed by atoms with E-state index in [4.69, 9.17) is 0 Å². The number of hydrogen-bond donors (Lipinski definition) is 1. The van der Waals surface area contributed by atoms with Crippen molar-refractivity contribution in [3.63, 3.8) is 0 Å². The number of para-hydroxylation sites is 1. The highest BCUT2D eigenvalue weighted by Crippen LogP contribution is 2.22. The van der Waals surface area contributed by atoms with Gasteiger partial charge < -0.3 is 5.32 Å². The second-order valence-electron chi connectivity index (χ2n) is 5.14. The van der Waals surface area contributed by atoms with Crippen LogP contribution in [-0.2, 0) is 6.42 Å². The lowest BCUT2D eigenvalue weighted by Crippen LogP contribution is -2.08. The maximum Gasteiger partial charge on any atom is 0.103 e. The van der Waals surface area contributed by atoms with Crippen molar-refractivity contribution in [1.82, 2.24) is 9.97 Å². The molecule has 22 heavy (non-hydrogen) atoms. The molecule has 1 aromatic carbocycles. The molecule has 0 atom stereocenters. The van der Waals surface area contributed by atoms with E-state index in [2.05, 4.69) is 27.4 Å². The number of fused-ring (bicyclic) bond motifs is 1. The first-order chi connectivity index (χ1) is 10.7. The number of hydrogen-bond acceptors (Lipinski definition) is 5. The molecule has 0 radical (unpaired) electrons. The maximum atomic E-state index is 9.26. The molecule has 2 aromatic heterocycles.